The summed E-state index contributed by atoms with van der Waals surface area (Å²) in [5.41, 5.74) is 0. The van der Waals surface area contributed by atoms with Crippen LogP contribution in [0.5, 0.6) is 0 Å². The Balaban J connectivity index is 1.73. The minimum Gasteiger partial charge on any atom is -0.354 e. The summed E-state index contributed by atoms with van der Waals surface area (Å²) in [6, 6.07) is 0. The molecule has 0 N–H and O–H groups in total. The predicted octanol–water partition coefficient (Wildman–Crippen LogP) is 1.78. The van der Waals surface area contributed by atoms with E-state index < -0.39 is 23.7 Å². The highest BCUT2D eigenvalue weighted by atomic mass is 16.9. The van der Waals surface area contributed by atoms with Crippen molar-refractivity contribution in [1.29, 1.82) is 0 Å². The Labute approximate surface area is 137 Å². The minimum absolute atomic E-state index is 0.259. The maximum atomic E-state index is 6.05. The third kappa shape index (κ3) is 3.56. The first-order valence-electron chi connectivity index (χ1n) is 8.08. The molecule has 0 spiro atoms. The fourth-order valence-corrected chi connectivity index (χ4v) is 3.20. The first-order chi connectivity index (χ1) is 10.5. The summed E-state index contributed by atoms with van der Waals surface area (Å²) in [6.45, 7) is 11.5. The SMILES string of the molecule is COC(C)(C)OC[C@@H]1OC(C)(C)OC2C3OC(C)(C)OC3OC21. The lowest BCUT2D eigenvalue weighted by molar-refractivity contribution is -0.355. The largest absolute Gasteiger partial charge is 0.354 e. The van der Waals surface area contributed by atoms with Gasteiger partial charge in [-0.3, -0.25) is 0 Å². The number of fused-ring (bicyclic) bond motifs is 3. The molecule has 3 fully saturated rings. The fourth-order valence-electron chi connectivity index (χ4n) is 3.20. The molecule has 3 saturated heterocycles. The highest BCUT2D eigenvalue weighted by Crippen LogP contribution is 2.44. The monoisotopic (exact) mass is 332 g/mol. The van der Waals surface area contributed by atoms with Crippen molar-refractivity contribution in [3.63, 3.8) is 0 Å². The molecular weight excluding hydrogens is 304 g/mol. The van der Waals surface area contributed by atoms with E-state index in [1.54, 1.807) is 7.11 Å². The van der Waals surface area contributed by atoms with E-state index >= 15 is 0 Å². The van der Waals surface area contributed by atoms with E-state index in [4.69, 9.17) is 33.2 Å². The summed E-state index contributed by atoms with van der Waals surface area (Å²) in [5, 5.41) is 0. The second kappa shape index (κ2) is 5.62. The number of ether oxygens (including phenoxy) is 7. The van der Waals surface area contributed by atoms with Crippen molar-refractivity contribution in [2.75, 3.05) is 13.7 Å². The van der Waals surface area contributed by atoms with E-state index in [1.807, 2.05) is 41.5 Å². The molecule has 3 aliphatic rings. The van der Waals surface area contributed by atoms with E-state index in [2.05, 4.69) is 0 Å². The normalized spacial score (nSPS) is 41.6. The molecule has 7 nitrogen and oxygen atoms in total. The molecule has 0 aliphatic carbocycles. The molecule has 0 amide bonds. The van der Waals surface area contributed by atoms with Crippen LogP contribution in [-0.4, -0.2) is 61.8 Å². The van der Waals surface area contributed by atoms with Gasteiger partial charge in [-0.1, -0.05) is 0 Å². The Morgan fingerprint density at radius 1 is 0.870 bits per heavy atom. The molecule has 5 atom stereocenters. The van der Waals surface area contributed by atoms with Crippen molar-refractivity contribution in [2.45, 2.75) is 89.6 Å². The molecule has 134 valence electrons. The maximum absolute atomic E-state index is 6.05. The molecule has 0 saturated carbocycles. The first-order valence-corrected chi connectivity index (χ1v) is 8.08. The molecule has 7 heteroatoms. The van der Waals surface area contributed by atoms with E-state index in [9.17, 15) is 0 Å². The Morgan fingerprint density at radius 3 is 2.13 bits per heavy atom. The molecule has 0 radical (unpaired) electrons. The van der Waals surface area contributed by atoms with Gasteiger partial charge in [-0.25, -0.2) is 0 Å². The van der Waals surface area contributed by atoms with Crippen LogP contribution in [0.4, 0.5) is 0 Å². The van der Waals surface area contributed by atoms with Crippen LogP contribution in [0.1, 0.15) is 41.5 Å². The topological polar surface area (TPSA) is 64.6 Å². The average Bonchev–Trinajstić information content (AvgIpc) is 2.88. The minimum atomic E-state index is -0.749. The van der Waals surface area contributed by atoms with Crippen LogP contribution in [0.15, 0.2) is 0 Å². The van der Waals surface area contributed by atoms with Crippen molar-refractivity contribution in [2.24, 2.45) is 0 Å². The van der Waals surface area contributed by atoms with Crippen LogP contribution in [0, 0.1) is 0 Å². The number of hydrogen-bond acceptors (Lipinski definition) is 7. The van der Waals surface area contributed by atoms with E-state index in [0.717, 1.165) is 0 Å². The molecule has 3 heterocycles. The Bertz CT molecular complexity index is 448. The third-order valence-corrected chi connectivity index (χ3v) is 4.34. The van der Waals surface area contributed by atoms with Gasteiger partial charge >= 0.3 is 0 Å². The second-order valence-corrected chi connectivity index (χ2v) is 7.62. The molecular formula is C16H28O7. The van der Waals surface area contributed by atoms with Gasteiger partial charge in [-0.15, -0.1) is 0 Å². The van der Waals surface area contributed by atoms with Crippen molar-refractivity contribution >= 4 is 0 Å². The van der Waals surface area contributed by atoms with E-state index in [-0.39, 0.29) is 24.4 Å². The highest BCUT2D eigenvalue weighted by molar-refractivity contribution is 5.00. The fraction of sp³-hybridized carbons (Fsp3) is 1.00. The summed E-state index contributed by atoms with van der Waals surface area (Å²) < 4.78 is 40.9. The molecule has 23 heavy (non-hydrogen) atoms. The summed E-state index contributed by atoms with van der Waals surface area (Å²) in [7, 11) is 1.61. The molecule has 0 aromatic carbocycles. The number of hydrogen-bond donors (Lipinski definition) is 0. The van der Waals surface area contributed by atoms with E-state index in [1.165, 1.54) is 0 Å². The molecule has 0 aromatic rings. The standard InChI is InChI=1S/C16H28O7/c1-14(2,17-7)18-8-9-10-11(21-15(3,4)20-9)12-13(19-10)23-16(5,6)22-12/h9-13H,8H2,1-7H3/t9-,10?,11?,12?,13?/m0/s1. The molecule has 0 aromatic heterocycles. The Hall–Kier alpha value is -0.280. The predicted molar refractivity (Wildman–Crippen MR) is 79.6 cm³/mol. The summed E-state index contributed by atoms with van der Waals surface area (Å²) in [5.74, 6) is -2.11. The van der Waals surface area contributed by atoms with Crippen LogP contribution >= 0.6 is 0 Å². The summed E-state index contributed by atoms with van der Waals surface area (Å²) in [4.78, 5) is 0. The van der Waals surface area contributed by atoms with Crippen LogP contribution in [0.2, 0.25) is 0 Å². The van der Waals surface area contributed by atoms with Gasteiger partial charge in [0.05, 0.1) is 6.61 Å². The first kappa shape index (κ1) is 17.5. The Kier molecular flexibility index (Phi) is 4.29. The lowest BCUT2D eigenvalue weighted by Crippen LogP contribution is -2.57. The smallest absolute Gasteiger partial charge is 0.190 e. The lowest BCUT2D eigenvalue weighted by Gasteiger charge is -2.44. The van der Waals surface area contributed by atoms with Gasteiger partial charge in [0, 0.05) is 7.11 Å². The van der Waals surface area contributed by atoms with Crippen molar-refractivity contribution in [3.8, 4) is 0 Å². The molecule has 3 rings (SSSR count). The molecule has 0 bridgehead atoms. The number of rotatable bonds is 4. The summed E-state index contributed by atoms with van der Waals surface area (Å²) in [6.07, 6.45) is -1.57. The Morgan fingerprint density at radius 2 is 1.48 bits per heavy atom. The lowest BCUT2D eigenvalue weighted by atomic mass is 10.0. The van der Waals surface area contributed by atoms with E-state index in [0.29, 0.717) is 6.61 Å². The quantitative estimate of drug-likeness (QED) is 0.727. The van der Waals surface area contributed by atoms with Gasteiger partial charge in [0.2, 0.25) is 0 Å². The zero-order chi connectivity index (χ0) is 17.0. The highest BCUT2D eigenvalue weighted by Gasteiger charge is 2.61. The van der Waals surface area contributed by atoms with Gasteiger partial charge < -0.3 is 33.2 Å². The summed E-state index contributed by atoms with van der Waals surface area (Å²) >= 11 is 0. The second-order valence-electron chi connectivity index (χ2n) is 7.62. The van der Waals surface area contributed by atoms with Crippen LogP contribution in [0.25, 0.3) is 0 Å². The molecule has 4 unspecified atom stereocenters. The van der Waals surface area contributed by atoms with Crippen LogP contribution in [-0.2, 0) is 33.2 Å². The van der Waals surface area contributed by atoms with Crippen LogP contribution in [0.3, 0.4) is 0 Å². The molecule has 3 aliphatic heterocycles. The van der Waals surface area contributed by atoms with Gasteiger partial charge in [-0.2, -0.15) is 0 Å². The van der Waals surface area contributed by atoms with Gasteiger partial charge in [-0.05, 0) is 41.5 Å². The third-order valence-electron chi connectivity index (χ3n) is 4.34. The zero-order valence-corrected chi connectivity index (χ0v) is 15.0. The average molecular weight is 332 g/mol. The maximum Gasteiger partial charge on any atom is 0.190 e. The van der Waals surface area contributed by atoms with Crippen molar-refractivity contribution in [1.82, 2.24) is 0 Å². The number of methoxy groups -OCH3 is 1. The zero-order valence-electron chi connectivity index (χ0n) is 15.0. The van der Waals surface area contributed by atoms with Gasteiger partial charge in [0.25, 0.3) is 0 Å². The van der Waals surface area contributed by atoms with Crippen LogP contribution < -0.4 is 0 Å². The van der Waals surface area contributed by atoms with Crippen molar-refractivity contribution in [3.05, 3.63) is 0 Å². The van der Waals surface area contributed by atoms with Crippen molar-refractivity contribution < 1.29 is 33.2 Å². The van der Waals surface area contributed by atoms with Gasteiger partial charge in [0.15, 0.2) is 23.7 Å². The van der Waals surface area contributed by atoms with Gasteiger partial charge in [0.1, 0.15) is 24.4 Å².